The summed E-state index contributed by atoms with van der Waals surface area (Å²) in [5.74, 6) is -0.0598. The first-order valence-corrected chi connectivity index (χ1v) is 6.39. The molecule has 0 aliphatic rings. The molecule has 23 heavy (non-hydrogen) atoms. The van der Waals surface area contributed by atoms with Crippen molar-refractivity contribution in [3.8, 4) is 17.2 Å². The Morgan fingerprint density at radius 1 is 1.13 bits per heavy atom. The first kappa shape index (κ1) is 14.9. The van der Waals surface area contributed by atoms with Gasteiger partial charge in [-0.1, -0.05) is 5.16 Å². The average Bonchev–Trinajstić information content (AvgIpc) is 2.90. The van der Waals surface area contributed by atoms with E-state index < -0.39 is 6.36 Å². The second-order valence-corrected chi connectivity index (χ2v) is 4.56. The lowest BCUT2D eigenvalue weighted by molar-refractivity contribution is -0.274. The predicted molar refractivity (Wildman–Crippen MR) is 75.5 cm³/mol. The summed E-state index contributed by atoms with van der Waals surface area (Å²) in [7, 11) is 0. The molecule has 0 bridgehead atoms. The molecule has 0 fully saturated rings. The lowest BCUT2D eigenvalue weighted by atomic mass is 10.2. The molecule has 3 aromatic rings. The molecule has 1 N–H and O–H groups in total. The van der Waals surface area contributed by atoms with Crippen LogP contribution in [0.4, 0.5) is 13.2 Å². The Hall–Kier alpha value is -3.03. The van der Waals surface area contributed by atoms with Crippen LogP contribution in [0.3, 0.4) is 0 Å². The number of halogens is 3. The third-order valence-electron chi connectivity index (χ3n) is 2.95. The van der Waals surface area contributed by atoms with Crippen molar-refractivity contribution in [1.29, 1.82) is 0 Å². The van der Waals surface area contributed by atoms with Gasteiger partial charge in [-0.15, -0.1) is 13.2 Å². The minimum atomic E-state index is -4.73. The Morgan fingerprint density at radius 2 is 1.87 bits per heavy atom. The van der Waals surface area contributed by atoms with Gasteiger partial charge in [-0.05, 0) is 48.0 Å². The summed E-state index contributed by atoms with van der Waals surface area (Å²) in [6.45, 7) is 0. The van der Waals surface area contributed by atoms with Gasteiger partial charge in [0.15, 0.2) is 5.58 Å². The van der Waals surface area contributed by atoms with Crippen LogP contribution in [0, 0.1) is 0 Å². The van der Waals surface area contributed by atoms with Gasteiger partial charge in [0.2, 0.25) is 5.89 Å². The first-order chi connectivity index (χ1) is 10.9. The topological polar surface area (TPSA) is 67.9 Å². The standard InChI is InChI=1S/C15H9F3N2O3/c16-15(17,18)23-11-4-2-10(3-5-11)14-20-12-7-9(8-19-21)1-6-13(12)22-14/h1-8,21H/b19-8+. The number of alkyl halides is 3. The molecular formula is C15H9F3N2O3. The molecule has 2 aromatic carbocycles. The number of rotatable bonds is 3. The van der Waals surface area contributed by atoms with Gasteiger partial charge in [0, 0.05) is 5.56 Å². The Morgan fingerprint density at radius 3 is 2.52 bits per heavy atom. The van der Waals surface area contributed by atoms with Gasteiger partial charge >= 0.3 is 6.36 Å². The van der Waals surface area contributed by atoms with Crippen LogP contribution < -0.4 is 4.74 Å². The van der Waals surface area contributed by atoms with Crippen LogP contribution in [0.2, 0.25) is 0 Å². The molecule has 0 amide bonds. The van der Waals surface area contributed by atoms with E-state index in [1.54, 1.807) is 18.2 Å². The molecular weight excluding hydrogens is 313 g/mol. The minimum Gasteiger partial charge on any atom is -0.436 e. The molecule has 0 spiro atoms. The second kappa shape index (κ2) is 5.64. The van der Waals surface area contributed by atoms with Crippen LogP contribution in [0.25, 0.3) is 22.6 Å². The zero-order valence-corrected chi connectivity index (χ0v) is 11.4. The fraction of sp³-hybridized carbons (Fsp3) is 0.0667. The van der Waals surface area contributed by atoms with Gasteiger partial charge in [-0.3, -0.25) is 0 Å². The van der Waals surface area contributed by atoms with E-state index in [2.05, 4.69) is 14.9 Å². The number of oxazole rings is 1. The van der Waals surface area contributed by atoms with Crippen LogP contribution >= 0.6 is 0 Å². The highest BCUT2D eigenvalue weighted by molar-refractivity contribution is 5.86. The molecule has 1 heterocycles. The maximum Gasteiger partial charge on any atom is 0.573 e. The first-order valence-electron chi connectivity index (χ1n) is 6.39. The van der Waals surface area contributed by atoms with Crippen molar-refractivity contribution in [2.24, 2.45) is 5.16 Å². The molecule has 0 saturated carbocycles. The van der Waals surface area contributed by atoms with E-state index in [4.69, 9.17) is 9.62 Å². The molecule has 0 unspecified atom stereocenters. The molecule has 1 aromatic heterocycles. The van der Waals surface area contributed by atoms with Crippen LogP contribution in [-0.2, 0) is 0 Å². The van der Waals surface area contributed by atoms with Gasteiger partial charge in [0.05, 0.1) is 6.21 Å². The van der Waals surface area contributed by atoms with Gasteiger partial charge in [0.1, 0.15) is 11.3 Å². The molecule has 5 nitrogen and oxygen atoms in total. The van der Waals surface area contributed by atoms with Crippen molar-refractivity contribution in [1.82, 2.24) is 4.98 Å². The Bertz CT molecular complexity index is 855. The monoisotopic (exact) mass is 322 g/mol. The summed E-state index contributed by atoms with van der Waals surface area (Å²) in [5.41, 5.74) is 2.18. The van der Waals surface area contributed by atoms with Crippen LogP contribution in [0.1, 0.15) is 5.56 Å². The molecule has 3 rings (SSSR count). The molecule has 118 valence electrons. The van der Waals surface area contributed by atoms with Gasteiger partial charge in [-0.2, -0.15) is 0 Å². The smallest absolute Gasteiger partial charge is 0.436 e. The number of oxime groups is 1. The van der Waals surface area contributed by atoms with E-state index in [1.807, 2.05) is 0 Å². The zero-order chi connectivity index (χ0) is 16.4. The maximum absolute atomic E-state index is 12.1. The molecule has 0 aliphatic carbocycles. The highest BCUT2D eigenvalue weighted by atomic mass is 19.4. The van der Waals surface area contributed by atoms with E-state index in [-0.39, 0.29) is 11.6 Å². The molecule has 0 saturated heterocycles. The maximum atomic E-state index is 12.1. The third-order valence-corrected chi connectivity index (χ3v) is 2.95. The highest BCUT2D eigenvalue weighted by Gasteiger charge is 2.31. The minimum absolute atomic E-state index is 0.261. The number of nitrogens with zero attached hydrogens (tertiary/aromatic N) is 2. The number of fused-ring (bicyclic) bond motifs is 1. The van der Waals surface area contributed by atoms with Crippen molar-refractivity contribution in [3.63, 3.8) is 0 Å². The summed E-state index contributed by atoms with van der Waals surface area (Å²) >= 11 is 0. The van der Waals surface area contributed by atoms with E-state index >= 15 is 0 Å². The van der Waals surface area contributed by atoms with Crippen LogP contribution in [0.5, 0.6) is 5.75 Å². The van der Waals surface area contributed by atoms with Crippen molar-refractivity contribution in [2.45, 2.75) is 6.36 Å². The van der Waals surface area contributed by atoms with Crippen LogP contribution in [-0.4, -0.2) is 22.8 Å². The fourth-order valence-corrected chi connectivity index (χ4v) is 2.01. The quantitative estimate of drug-likeness (QED) is 0.446. The average molecular weight is 322 g/mol. The van der Waals surface area contributed by atoms with Crippen molar-refractivity contribution in [2.75, 3.05) is 0 Å². The molecule has 0 aliphatic heterocycles. The van der Waals surface area contributed by atoms with Gasteiger partial charge < -0.3 is 14.4 Å². The fourth-order valence-electron chi connectivity index (χ4n) is 2.01. The summed E-state index contributed by atoms with van der Waals surface area (Å²) in [6.07, 6.45) is -3.49. The summed E-state index contributed by atoms with van der Waals surface area (Å²) < 4.78 is 45.7. The number of hydrogen-bond acceptors (Lipinski definition) is 5. The number of hydrogen-bond donors (Lipinski definition) is 1. The number of ether oxygens (including phenoxy) is 1. The summed E-state index contributed by atoms with van der Waals surface area (Å²) in [4.78, 5) is 4.26. The normalized spacial score (nSPS) is 12.1. The number of aromatic nitrogens is 1. The molecule has 8 heteroatoms. The third kappa shape index (κ3) is 3.42. The van der Waals surface area contributed by atoms with E-state index in [0.29, 0.717) is 22.2 Å². The Kier molecular flexibility index (Phi) is 3.65. The second-order valence-electron chi connectivity index (χ2n) is 4.56. The van der Waals surface area contributed by atoms with E-state index in [1.165, 1.54) is 30.5 Å². The summed E-state index contributed by atoms with van der Waals surface area (Å²) in [6, 6.07) is 10.2. The Labute approximate surface area is 127 Å². The van der Waals surface area contributed by atoms with Crippen LogP contribution in [0.15, 0.2) is 52.0 Å². The van der Waals surface area contributed by atoms with Crippen molar-refractivity contribution in [3.05, 3.63) is 48.0 Å². The van der Waals surface area contributed by atoms with E-state index in [9.17, 15) is 13.2 Å². The lowest BCUT2D eigenvalue weighted by Gasteiger charge is -2.08. The zero-order valence-electron chi connectivity index (χ0n) is 11.4. The molecule has 0 atom stereocenters. The summed E-state index contributed by atoms with van der Waals surface area (Å²) in [5, 5.41) is 11.4. The van der Waals surface area contributed by atoms with E-state index in [0.717, 1.165) is 0 Å². The van der Waals surface area contributed by atoms with Crippen molar-refractivity contribution < 1.29 is 27.5 Å². The van der Waals surface area contributed by atoms with Gasteiger partial charge in [0.25, 0.3) is 0 Å². The molecule has 0 radical (unpaired) electrons. The van der Waals surface area contributed by atoms with Gasteiger partial charge in [-0.25, -0.2) is 4.98 Å². The highest BCUT2D eigenvalue weighted by Crippen LogP contribution is 2.28. The largest absolute Gasteiger partial charge is 0.573 e. The Balaban J connectivity index is 1.90. The lowest BCUT2D eigenvalue weighted by Crippen LogP contribution is -2.16. The van der Waals surface area contributed by atoms with Crippen molar-refractivity contribution >= 4 is 17.3 Å². The number of benzene rings is 2. The predicted octanol–water partition coefficient (Wildman–Crippen LogP) is 4.20. The SMILES string of the molecule is O/N=C/c1ccc2oc(-c3ccc(OC(F)(F)F)cc3)nc2c1.